The highest BCUT2D eigenvalue weighted by Crippen LogP contribution is 2.62. The summed E-state index contributed by atoms with van der Waals surface area (Å²) in [5.41, 5.74) is 0.185. The fraction of sp³-hybridized carbons (Fsp3) is 1.00. The summed E-state index contributed by atoms with van der Waals surface area (Å²) in [6, 6.07) is 0.753. The van der Waals surface area contributed by atoms with Crippen LogP contribution in [-0.4, -0.2) is 23.8 Å². The molecule has 2 N–H and O–H groups in total. The minimum Gasteiger partial charge on any atom is -0.390 e. The summed E-state index contributed by atoms with van der Waals surface area (Å²) in [4.78, 5) is 0. The van der Waals surface area contributed by atoms with Gasteiger partial charge in [-0.3, -0.25) is 0 Å². The molecule has 2 heteroatoms. The predicted octanol–water partition coefficient (Wildman–Crippen LogP) is 3.98. The fourth-order valence-corrected chi connectivity index (χ4v) is 7.56. The third-order valence-electron chi connectivity index (χ3n) is 8.59. The van der Waals surface area contributed by atoms with Crippen LogP contribution >= 0.6 is 0 Å². The van der Waals surface area contributed by atoms with E-state index in [-0.39, 0.29) is 5.60 Å². The molecule has 0 bridgehead atoms. The summed E-state index contributed by atoms with van der Waals surface area (Å²) in [6.45, 7) is 4.65. The van der Waals surface area contributed by atoms with Crippen molar-refractivity contribution in [2.45, 2.75) is 83.3 Å². The standard InChI is InChI=1S/C20H35NO/c1-19(22)10-8-14-13(12-19)4-5-16-15(14)9-11-20(2)17(16)6-7-18(20)21-3/h13-18,21-22H,4-12H2,1-3H3/t13-,14-,15+,16+,17-,18?,19+,20-/m0/s1. The Morgan fingerprint density at radius 2 is 1.64 bits per heavy atom. The van der Waals surface area contributed by atoms with Gasteiger partial charge in [0.15, 0.2) is 0 Å². The van der Waals surface area contributed by atoms with Crippen molar-refractivity contribution in [2.24, 2.45) is 35.0 Å². The molecule has 2 nitrogen and oxygen atoms in total. The summed E-state index contributed by atoms with van der Waals surface area (Å²) in [6.07, 6.45) is 12.0. The first-order valence-electron chi connectivity index (χ1n) is 9.84. The maximum atomic E-state index is 10.5. The van der Waals surface area contributed by atoms with Gasteiger partial charge in [-0.25, -0.2) is 0 Å². The Hall–Kier alpha value is -0.0800. The highest BCUT2D eigenvalue weighted by molar-refractivity contribution is 5.08. The Morgan fingerprint density at radius 3 is 2.41 bits per heavy atom. The molecule has 8 atom stereocenters. The van der Waals surface area contributed by atoms with Crippen LogP contribution in [0.5, 0.6) is 0 Å². The van der Waals surface area contributed by atoms with Crippen molar-refractivity contribution >= 4 is 0 Å². The first-order chi connectivity index (χ1) is 10.4. The largest absolute Gasteiger partial charge is 0.390 e. The molecule has 0 aromatic heterocycles. The summed E-state index contributed by atoms with van der Waals surface area (Å²) < 4.78 is 0. The van der Waals surface area contributed by atoms with E-state index in [2.05, 4.69) is 26.2 Å². The molecule has 0 saturated heterocycles. The highest BCUT2D eigenvalue weighted by atomic mass is 16.3. The quantitative estimate of drug-likeness (QED) is 0.768. The average Bonchev–Trinajstić information content (AvgIpc) is 2.82. The van der Waals surface area contributed by atoms with Crippen LogP contribution in [0.3, 0.4) is 0 Å². The molecule has 0 spiro atoms. The zero-order valence-corrected chi connectivity index (χ0v) is 14.8. The van der Waals surface area contributed by atoms with Gasteiger partial charge in [0, 0.05) is 6.04 Å². The van der Waals surface area contributed by atoms with E-state index in [0.29, 0.717) is 5.41 Å². The van der Waals surface area contributed by atoms with Crippen LogP contribution in [0.1, 0.15) is 71.6 Å². The lowest BCUT2D eigenvalue weighted by Gasteiger charge is -2.57. The molecular formula is C20H35NO. The number of aliphatic hydroxyl groups is 1. The molecule has 0 amide bonds. The molecule has 4 fully saturated rings. The summed E-state index contributed by atoms with van der Waals surface area (Å²) >= 11 is 0. The highest BCUT2D eigenvalue weighted by Gasteiger charge is 2.57. The van der Waals surface area contributed by atoms with Crippen LogP contribution in [0, 0.1) is 35.0 Å². The summed E-state index contributed by atoms with van der Waals surface area (Å²) in [7, 11) is 2.17. The average molecular weight is 306 g/mol. The zero-order valence-electron chi connectivity index (χ0n) is 14.8. The van der Waals surface area contributed by atoms with Gasteiger partial charge in [-0.15, -0.1) is 0 Å². The molecule has 0 aromatic carbocycles. The smallest absolute Gasteiger partial charge is 0.0622 e. The van der Waals surface area contributed by atoms with Gasteiger partial charge in [0.1, 0.15) is 0 Å². The van der Waals surface area contributed by atoms with E-state index in [4.69, 9.17) is 0 Å². The zero-order chi connectivity index (χ0) is 15.5. The molecule has 22 heavy (non-hydrogen) atoms. The van der Waals surface area contributed by atoms with E-state index in [0.717, 1.165) is 48.5 Å². The number of rotatable bonds is 1. The Balaban J connectivity index is 1.54. The van der Waals surface area contributed by atoms with Gasteiger partial charge >= 0.3 is 0 Å². The topological polar surface area (TPSA) is 32.3 Å². The molecule has 4 aliphatic rings. The van der Waals surface area contributed by atoms with Gasteiger partial charge in [0.25, 0.3) is 0 Å². The summed E-state index contributed by atoms with van der Waals surface area (Å²) in [5.74, 6) is 4.67. The monoisotopic (exact) mass is 305 g/mol. The first-order valence-corrected chi connectivity index (χ1v) is 9.84. The van der Waals surface area contributed by atoms with Gasteiger partial charge in [-0.1, -0.05) is 6.92 Å². The van der Waals surface area contributed by atoms with E-state index < -0.39 is 0 Å². The molecular weight excluding hydrogens is 270 g/mol. The van der Waals surface area contributed by atoms with Crippen molar-refractivity contribution in [3.8, 4) is 0 Å². The van der Waals surface area contributed by atoms with E-state index in [1.165, 1.54) is 44.9 Å². The third kappa shape index (κ3) is 2.20. The van der Waals surface area contributed by atoms with Crippen LogP contribution < -0.4 is 5.32 Å². The molecule has 4 aliphatic carbocycles. The van der Waals surface area contributed by atoms with Crippen molar-refractivity contribution < 1.29 is 5.11 Å². The van der Waals surface area contributed by atoms with Crippen LogP contribution in [0.4, 0.5) is 0 Å². The molecule has 0 aromatic rings. The normalized spacial score (nSPS) is 57.8. The second-order valence-electron chi connectivity index (χ2n) is 9.64. The van der Waals surface area contributed by atoms with Crippen LogP contribution in [0.2, 0.25) is 0 Å². The second kappa shape index (κ2) is 5.21. The Kier molecular flexibility index (Phi) is 3.66. The minimum atomic E-state index is -0.373. The van der Waals surface area contributed by atoms with E-state index in [9.17, 15) is 5.11 Å². The van der Waals surface area contributed by atoms with Crippen molar-refractivity contribution in [1.82, 2.24) is 5.32 Å². The number of hydrogen-bond acceptors (Lipinski definition) is 2. The predicted molar refractivity (Wildman–Crippen MR) is 90.6 cm³/mol. The Morgan fingerprint density at radius 1 is 0.864 bits per heavy atom. The molecule has 1 unspecified atom stereocenters. The third-order valence-corrected chi connectivity index (χ3v) is 8.59. The lowest BCUT2D eigenvalue weighted by atomic mass is 9.49. The molecule has 4 saturated carbocycles. The molecule has 4 rings (SSSR count). The maximum absolute atomic E-state index is 10.5. The van der Waals surface area contributed by atoms with Gasteiger partial charge in [0.2, 0.25) is 0 Å². The second-order valence-corrected chi connectivity index (χ2v) is 9.64. The van der Waals surface area contributed by atoms with Gasteiger partial charge < -0.3 is 10.4 Å². The Labute approximate surface area is 136 Å². The maximum Gasteiger partial charge on any atom is 0.0622 e. The molecule has 0 radical (unpaired) electrons. The van der Waals surface area contributed by atoms with Crippen molar-refractivity contribution in [1.29, 1.82) is 0 Å². The number of hydrogen-bond donors (Lipinski definition) is 2. The number of fused-ring (bicyclic) bond motifs is 5. The van der Waals surface area contributed by atoms with Crippen molar-refractivity contribution in [3.63, 3.8) is 0 Å². The molecule has 0 aliphatic heterocycles. The molecule has 126 valence electrons. The number of nitrogens with one attached hydrogen (secondary N) is 1. The first kappa shape index (κ1) is 15.4. The van der Waals surface area contributed by atoms with E-state index in [1.807, 2.05) is 0 Å². The lowest BCUT2D eigenvalue weighted by molar-refractivity contribution is -0.0964. The lowest BCUT2D eigenvalue weighted by Crippen LogP contribution is -2.52. The fourth-order valence-electron chi connectivity index (χ4n) is 7.56. The van der Waals surface area contributed by atoms with Crippen LogP contribution in [0.25, 0.3) is 0 Å². The minimum absolute atomic E-state index is 0.373. The van der Waals surface area contributed by atoms with Gasteiger partial charge in [-0.2, -0.15) is 0 Å². The van der Waals surface area contributed by atoms with Gasteiger partial charge in [-0.05, 0) is 107 Å². The van der Waals surface area contributed by atoms with E-state index in [1.54, 1.807) is 0 Å². The molecule has 0 heterocycles. The van der Waals surface area contributed by atoms with Crippen molar-refractivity contribution in [2.75, 3.05) is 7.05 Å². The van der Waals surface area contributed by atoms with Crippen LogP contribution in [-0.2, 0) is 0 Å². The van der Waals surface area contributed by atoms with E-state index >= 15 is 0 Å². The van der Waals surface area contributed by atoms with Gasteiger partial charge in [0.05, 0.1) is 5.60 Å². The Bertz CT molecular complexity index is 433. The summed E-state index contributed by atoms with van der Waals surface area (Å²) in [5, 5.41) is 14.1. The van der Waals surface area contributed by atoms with Crippen molar-refractivity contribution in [3.05, 3.63) is 0 Å². The SMILES string of the molecule is CNC1CC[C@H]2[C@@H]3CC[C@H]4C[C@](C)(O)CC[C@@H]4[C@H]3CC[C@]12C. The van der Waals surface area contributed by atoms with Crippen LogP contribution in [0.15, 0.2) is 0 Å².